The number of ether oxygens (including phenoxy) is 1. The second-order valence-corrected chi connectivity index (χ2v) is 9.82. The fraction of sp³-hybridized carbons (Fsp3) is 0.231. The number of aromatic nitrogens is 1. The van der Waals surface area contributed by atoms with Gasteiger partial charge in [-0.3, -0.25) is 9.78 Å². The van der Waals surface area contributed by atoms with Crippen LogP contribution in [0.5, 0.6) is 5.75 Å². The van der Waals surface area contributed by atoms with Gasteiger partial charge >= 0.3 is 0 Å². The summed E-state index contributed by atoms with van der Waals surface area (Å²) in [7, 11) is -2.42. The summed E-state index contributed by atoms with van der Waals surface area (Å²) in [5.74, 6) is -0.213. The number of carbonyl (C=O) groups is 1. The van der Waals surface area contributed by atoms with Crippen LogP contribution in [-0.4, -0.2) is 32.5 Å². The fourth-order valence-corrected chi connectivity index (χ4v) is 5.43. The summed E-state index contributed by atoms with van der Waals surface area (Å²) in [5, 5.41) is 2.84. The van der Waals surface area contributed by atoms with Gasteiger partial charge in [0, 0.05) is 23.5 Å². The molecule has 4 rings (SSSR count). The predicted octanol–water partition coefficient (Wildman–Crippen LogP) is 4.73. The molecule has 1 aliphatic rings. The molecule has 1 heterocycles. The number of amides is 1. The van der Waals surface area contributed by atoms with Crippen molar-refractivity contribution in [1.82, 2.24) is 9.71 Å². The fourth-order valence-electron chi connectivity index (χ4n) is 3.93. The molecule has 2 aromatic carbocycles. The van der Waals surface area contributed by atoms with E-state index in [0.717, 1.165) is 36.9 Å². The van der Waals surface area contributed by atoms with Crippen molar-refractivity contribution in [1.29, 1.82) is 0 Å². The first-order chi connectivity index (χ1) is 16.4. The molecule has 0 bridgehead atoms. The number of nitrogens with one attached hydrogen (secondary N) is 2. The summed E-state index contributed by atoms with van der Waals surface area (Å²) in [6.45, 7) is 0. The molecule has 0 saturated heterocycles. The van der Waals surface area contributed by atoms with E-state index < -0.39 is 15.9 Å². The third kappa shape index (κ3) is 5.89. The summed E-state index contributed by atoms with van der Waals surface area (Å²) in [6, 6.07) is 17.4. The molecule has 0 radical (unpaired) electrons. The van der Waals surface area contributed by atoms with Crippen molar-refractivity contribution in [3.05, 3.63) is 83.7 Å². The van der Waals surface area contributed by atoms with Crippen LogP contribution in [0.1, 0.15) is 47.3 Å². The smallest absolute Gasteiger partial charge is 0.255 e. The Hall–Kier alpha value is -3.49. The lowest BCUT2D eigenvalue weighted by Gasteiger charge is -2.16. The van der Waals surface area contributed by atoms with Crippen molar-refractivity contribution in [3.8, 4) is 5.75 Å². The average Bonchev–Trinajstić information content (AvgIpc) is 3.35. The average molecular weight is 478 g/mol. The standard InChI is InChI=1S/C26H27N3O4S/c1-33-24-15-13-20(18-25(24)34(31,32)29-22-9-2-3-10-22)26(30)28-23-11-6-7-19(17-23)12-14-21-8-4-5-16-27-21/h4-8,11-18,22,29H,2-3,9-10H2,1H3,(H,28,30)/b14-12+. The maximum absolute atomic E-state index is 13.0. The van der Waals surface area contributed by atoms with Gasteiger partial charge in [-0.05, 0) is 66.9 Å². The first-order valence-corrected chi connectivity index (χ1v) is 12.6. The van der Waals surface area contributed by atoms with Crippen LogP contribution in [-0.2, 0) is 10.0 Å². The maximum Gasteiger partial charge on any atom is 0.255 e. The molecule has 1 amide bonds. The van der Waals surface area contributed by atoms with Gasteiger partial charge in [-0.2, -0.15) is 0 Å². The topological polar surface area (TPSA) is 97.4 Å². The molecular weight excluding hydrogens is 450 g/mol. The largest absolute Gasteiger partial charge is 0.495 e. The van der Waals surface area contributed by atoms with Gasteiger partial charge in [0.1, 0.15) is 10.6 Å². The molecule has 0 unspecified atom stereocenters. The van der Waals surface area contributed by atoms with E-state index in [9.17, 15) is 13.2 Å². The van der Waals surface area contributed by atoms with E-state index >= 15 is 0 Å². The van der Waals surface area contributed by atoms with Crippen molar-refractivity contribution in [2.75, 3.05) is 12.4 Å². The van der Waals surface area contributed by atoms with Crippen LogP contribution < -0.4 is 14.8 Å². The summed E-state index contributed by atoms with van der Waals surface area (Å²) < 4.78 is 34.0. The maximum atomic E-state index is 13.0. The highest BCUT2D eigenvalue weighted by Gasteiger charge is 2.26. The number of pyridine rings is 1. The normalized spacial score (nSPS) is 14.4. The van der Waals surface area contributed by atoms with Gasteiger partial charge in [0.25, 0.3) is 5.91 Å². The molecule has 0 spiro atoms. The Labute approximate surface area is 199 Å². The minimum atomic E-state index is -3.83. The Morgan fingerprint density at radius 3 is 2.59 bits per heavy atom. The Morgan fingerprint density at radius 1 is 1.03 bits per heavy atom. The molecule has 1 saturated carbocycles. The predicted molar refractivity (Wildman–Crippen MR) is 133 cm³/mol. The van der Waals surface area contributed by atoms with E-state index in [1.165, 1.54) is 19.2 Å². The number of methoxy groups -OCH3 is 1. The minimum Gasteiger partial charge on any atom is -0.495 e. The monoisotopic (exact) mass is 477 g/mol. The third-order valence-corrected chi connectivity index (χ3v) is 7.21. The number of benzene rings is 2. The van der Waals surface area contributed by atoms with Gasteiger partial charge < -0.3 is 10.1 Å². The summed E-state index contributed by atoms with van der Waals surface area (Å²) in [4.78, 5) is 17.2. The molecule has 1 aromatic heterocycles. The Balaban J connectivity index is 1.52. The lowest BCUT2D eigenvalue weighted by molar-refractivity contribution is 0.102. The molecule has 7 nitrogen and oxygen atoms in total. The Bertz CT molecular complexity index is 1280. The number of hydrogen-bond acceptors (Lipinski definition) is 5. The number of carbonyl (C=O) groups excluding carboxylic acids is 1. The van der Waals surface area contributed by atoms with Gasteiger partial charge in [0.15, 0.2) is 0 Å². The van der Waals surface area contributed by atoms with Crippen LogP contribution in [0.15, 0.2) is 71.8 Å². The van der Waals surface area contributed by atoms with E-state index in [-0.39, 0.29) is 22.3 Å². The van der Waals surface area contributed by atoms with Crippen LogP contribution in [0, 0.1) is 0 Å². The lowest BCUT2D eigenvalue weighted by Crippen LogP contribution is -2.33. The molecule has 1 fully saturated rings. The van der Waals surface area contributed by atoms with E-state index in [4.69, 9.17) is 4.74 Å². The molecule has 34 heavy (non-hydrogen) atoms. The number of rotatable bonds is 8. The van der Waals surface area contributed by atoms with Crippen LogP contribution >= 0.6 is 0 Å². The van der Waals surface area contributed by atoms with Crippen LogP contribution in [0.3, 0.4) is 0 Å². The van der Waals surface area contributed by atoms with E-state index in [2.05, 4.69) is 15.0 Å². The molecule has 8 heteroatoms. The van der Waals surface area contributed by atoms with E-state index in [1.54, 1.807) is 18.3 Å². The number of hydrogen-bond donors (Lipinski definition) is 2. The van der Waals surface area contributed by atoms with Crippen molar-refractivity contribution in [3.63, 3.8) is 0 Å². The molecule has 3 aromatic rings. The highest BCUT2D eigenvalue weighted by Crippen LogP contribution is 2.27. The molecule has 2 N–H and O–H groups in total. The third-order valence-electron chi connectivity index (χ3n) is 5.67. The van der Waals surface area contributed by atoms with Crippen molar-refractivity contribution >= 4 is 33.8 Å². The second-order valence-electron chi connectivity index (χ2n) is 8.14. The van der Waals surface area contributed by atoms with Gasteiger partial charge in [-0.25, -0.2) is 13.1 Å². The van der Waals surface area contributed by atoms with Crippen molar-refractivity contribution in [2.45, 2.75) is 36.6 Å². The molecule has 176 valence electrons. The summed E-state index contributed by atoms with van der Waals surface area (Å²) in [5.41, 5.74) is 2.54. The van der Waals surface area contributed by atoms with E-state index in [0.29, 0.717) is 5.69 Å². The van der Waals surface area contributed by atoms with Crippen LogP contribution in [0.4, 0.5) is 5.69 Å². The molecule has 1 aliphatic carbocycles. The lowest BCUT2D eigenvalue weighted by atomic mass is 10.1. The number of sulfonamides is 1. The van der Waals surface area contributed by atoms with Crippen molar-refractivity contribution in [2.24, 2.45) is 0 Å². The minimum absolute atomic E-state index is 0.0402. The zero-order valence-electron chi connectivity index (χ0n) is 18.9. The molecule has 0 atom stereocenters. The summed E-state index contributed by atoms with van der Waals surface area (Å²) in [6.07, 6.45) is 9.15. The highest BCUT2D eigenvalue weighted by atomic mass is 32.2. The van der Waals surface area contributed by atoms with Gasteiger partial charge in [-0.15, -0.1) is 0 Å². The number of nitrogens with zero attached hydrogens (tertiary/aromatic N) is 1. The van der Waals surface area contributed by atoms with Gasteiger partial charge in [0.2, 0.25) is 10.0 Å². The SMILES string of the molecule is COc1ccc(C(=O)Nc2cccc(/C=C/c3ccccn3)c2)cc1S(=O)(=O)NC1CCCC1. The van der Waals surface area contributed by atoms with Crippen molar-refractivity contribution < 1.29 is 17.9 Å². The quantitative estimate of drug-likeness (QED) is 0.489. The first-order valence-electron chi connectivity index (χ1n) is 11.2. The molecule has 0 aliphatic heterocycles. The second kappa shape index (κ2) is 10.6. The highest BCUT2D eigenvalue weighted by molar-refractivity contribution is 7.89. The van der Waals surface area contributed by atoms with Crippen LogP contribution in [0.2, 0.25) is 0 Å². The zero-order valence-corrected chi connectivity index (χ0v) is 19.7. The summed E-state index contributed by atoms with van der Waals surface area (Å²) >= 11 is 0. The van der Waals surface area contributed by atoms with Gasteiger partial charge in [0.05, 0.1) is 12.8 Å². The van der Waals surface area contributed by atoms with Crippen LogP contribution in [0.25, 0.3) is 12.2 Å². The Morgan fingerprint density at radius 2 is 1.85 bits per heavy atom. The van der Waals surface area contributed by atoms with E-state index in [1.807, 2.05) is 48.6 Å². The Kier molecular flexibility index (Phi) is 7.40. The van der Waals surface area contributed by atoms with Gasteiger partial charge in [-0.1, -0.05) is 37.1 Å². The molecular formula is C26H27N3O4S. The number of anilines is 1. The first kappa shape index (κ1) is 23.7. The zero-order chi connectivity index (χ0) is 24.0.